The maximum Gasteiger partial charge on any atom is 0.337 e. The summed E-state index contributed by atoms with van der Waals surface area (Å²) < 4.78 is 4.85. The summed E-state index contributed by atoms with van der Waals surface area (Å²) in [6.07, 6.45) is 3.43. The Labute approximate surface area is 149 Å². The number of phenolic OH excluding ortho intramolecular Hbond substituents is 1. The largest absolute Gasteiger partial charge is 0.508 e. The fourth-order valence-electron chi connectivity index (χ4n) is 3.60. The molecular weight excluding hydrogens is 314 g/mol. The number of nitrogens with zero attached hydrogens (tertiary/aromatic N) is 1. The van der Waals surface area contributed by atoms with Crippen LogP contribution in [0.2, 0.25) is 0 Å². The highest BCUT2D eigenvalue weighted by Crippen LogP contribution is 2.34. The Morgan fingerprint density at radius 1 is 1.16 bits per heavy atom. The molecule has 0 aromatic heterocycles. The van der Waals surface area contributed by atoms with E-state index in [9.17, 15) is 9.90 Å². The molecule has 0 radical (unpaired) electrons. The van der Waals surface area contributed by atoms with Gasteiger partial charge >= 0.3 is 5.97 Å². The Morgan fingerprint density at radius 2 is 1.92 bits per heavy atom. The molecule has 1 aliphatic heterocycles. The quantitative estimate of drug-likeness (QED) is 0.814. The van der Waals surface area contributed by atoms with Crippen molar-refractivity contribution in [3.8, 4) is 5.75 Å². The molecule has 1 fully saturated rings. The molecule has 0 spiro atoms. The molecule has 25 heavy (non-hydrogen) atoms. The molecule has 0 amide bonds. The maximum atomic E-state index is 11.9. The van der Waals surface area contributed by atoms with Crippen LogP contribution in [0.3, 0.4) is 0 Å². The molecule has 1 N–H and O–H groups in total. The first-order chi connectivity index (χ1) is 12.2. The first-order valence-electron chi connectivity index (χ1n) is 8.87. The molecule has 0 bridgehead atoms. The molecule has 4 heteroatoms. The second-order valence-electron chi connectivity index (χ2n) is 6.57. The van der Waals surface area contributed by atoms with Gasteiger partial charge in [-0.2, -0.15) is 0 Å². The number of phenols is 1. The zero-order valence-electron chi connectivity index (χ0n) is 14.6. The third-order valence-corrected chi connectivity index (χ3v) is 4.95. The summed E-state index contributed by atoms with van der Waals surface area (Å²) in [5.74, 6) is 0.0150. The fraction of sp³-hybridized carbons (Fsp3) is 0.381. The smallest absolute Gasteiger partial charge is 0.337 e. The summed E-state index contributed by atoms with van der Waals surface area (Å²) in [7, 11) is 1.39. The Bertz CT molecular complexity index is 723. The predicted octanol–water partition coefficient (Wildman–Crippen LogP) is 3.80. The summed E-state index contributed by atoms with van der Waals surface area (Å²) in [5.41, 5.74) is 2.48. The number of methoxy groups -OCH3 is 1. The Hall–Kier alpha value is -2.33. The Kier molecular flexibility index (Phi) is 5.71. The van der Waals surface area contributed by atoms with E-state index in [4.69, 9.17) is 4.74 Å². The van der Waals surface area contributed by atoms with Crippen LogP contribution in [0.25, 0.3) is 0 Å². The molecule has 1 aliphatic rings. The molecule has 1 saturated heterocycles. The summed E-state index contributed by atoms with van der Waals surface area (Å²) >= 11 is 0. The van der Waals surface area contributed by atoms with E-state index in [1.165, 1.54) is 20.0 Å². The van der Waals surface area contributed by atoms with Crippen LogP contribution >= 0.6 is 0 Å². The van der Waals surface area contributed by atoms with Crippen molar-refractivity contribution in [3.63, 3.8) is 0 Å². The predicted molar refractivity (Wildman–Crippen MR) is 98.0 cm³/mol. The summed E-state index contributed by atoms with van der Waals surface area (Å²) in [5, 5.41) is 10.4. The highest BCUT2D eigenvalue weighted by molar-refractivity contribution is 5.89. The molecule has 4 nitrogen and oxygen atoms in total. The molecule has 2 aromatic carbocycles. The molecule has 0 aliphatic carbocycles. The second kappa shape index (κ2) is 8.17. The lowest BCUT2D eigenvalue weighted by Crippen LogP contribution is -2.22. The van der Waals surface area contributed by atoms with Crippen LogP contribution in [0.4, 0.5) is 0 Å². The van der Waals surface area contributed by atoms with Gasteiger partial charge < -0.3 is 14.7 Å². The lowest BCUT2D eigenvalue weighted by Gasteiger charge is -2.23. The molecule has 2 aromatic rings. The Morgan fingerprint density at radius 3 is 2.64 bits per heavy atom. The number of rotatable bonds is 6. The topological polar surface area (TPSA) is 49.8 Å². The zero-order valence-corrected chi connectivity index (χ0v) is 14.6. The van der Waals surface area contributed by atoms with Crippen LogP contribution in [-0.4, -0.2) is 42.7 Å². The standard InChI is InChI=1S/C21H25NO3/c1-25-21(24)17-8-6-7-16(15-17)18(11-14-22-12-4-5-13-22)19-9-2-3-10-20(19)23/h2-3,6-10,15,18,23H,4-5,11-14H2,1H3. The van der Waals surface area contributed by atoms with Crippen molar-refractivity contribution in [2.75, 3.05) is 26.7 Å². The van der Waals surface area contributed by atoms with E-state index >= 15 is 0 Å². The number of para-hydroxylation sites is 1. The van der Waals surface area contributed by atoms with E-state index in [0.717, 1.165) is 37.2 Å². The van der Waals surface area contributed by atoms with Crippen LogP contribution in [0.15, 0.2) is 48.5 Å². The minimum absolute atomic E-state index is 0.0476. The van der Waals surface area contributed by atoms with Crippen molar-refractivity contribution >= 4 is 5.97 Å². The van der Waals surface area contributed by atoms with Gasteiger partial charge in [0.2, 0.25) is 0 Å². The highest BCUT2D eigenvalue weighted by atomic mass is 16.5. The van der Waals surface area contributed by atoms with E-state index in [-0.39, 0.29) is 11.9 Å². The number of hydrogen-bond donors (Lipinski definition) is 1. The van der Waals surface area contributed by atoms with Crippen molar-refractivity contribution in [3.05, 3.63) is 65.2 Å². The zero-order chi connectivity index (χ0) is 17.6. The molecule has 0 saturated carbocycles. The summed E-state index contributed by atoms with van der Waals surface area (Å²) in [4.78, 5) is 14.3. The van der Waals surface area contributed by atoms with E-state index in [0.29, 0.717) is 11.3 Å². The number of carbonyl (C=O) groups is 1. The minimum atomic E-state index is -0.336. The van der Waals surface area contributed by atoms with Crippen molar-refractivity contribution in [2.45, 2.75) is 25.2 Å². The molecule has 132 valence electrons. The van der Waals surface area contributed by atoms with Gasteiger partial charge in [-0.05, 0) is 62.7 Å². The third kappa shape index (κ3) is 4.20. The molecule has 3 rings (SSSR count). The minimum Gasteiger partial charge on any atom is -0.508 e. The number of benzene rings is 2. The molecule has 1 heterocycles. The van der Waals surface area contributed by atoms with Crippen molar-refractivity contribution in [1.82, 2.24) is 4.90 Å². The molecular formula is C21H25NO3. The summed E-state index contributed by atoms with van der Waals surface area (Å²) in [6.45, 7) is 3.28. The fourth-order valence-corrected chi connectivity index (χ4v) is 3.60. The maximum absolute atomic E-state index is 11.9. The lowest BCUT2D eigenvalue weighted by molar-refractivity contribution is 0.0600. The van der Waals surface area contributed by atoms with Gasteiger partial charge in [0.25, 0.3) is 0 Å². The van der Waals surface area contributed by atoms with Crippen molar-refractivity contribution in [2.24, 2.45) is 0 Å². The van der Waals surface area contributed by atoms with Gasteiger partial charge in [0.05, 0.1) is 12.7 Å². The number of aromatic hydroxyl groups is 1. The van der Waals surface area contributed by atoms with Gasteiger partial charge in [-0.1, -0.05) is 30.3 Å². The van der Waals surface area contributed by atoms with E-state index in [2.05, 4.69) is 4.90 Å². The Balaban J connectivity index is 1.90. The number of likely N-dealkylation sites (tertiary alicyclic amines) is 1. The van der Waals surface area contributed by atoms with E-state index in [1.807, 2.05) is 36.4 Å². The van der Waals surface area contributed by atoms with Gasteiger partial charge in [0, 0.05) is 11.5 Å². The van der Waals surface area contributed by atoms with Gasteiger partial charge in [-0.3, -0.25) is 0 Å². The monoisotopic (exact) mass is 339 g/mol. The van der Waals surface area contributed by atoms with Gasteiger partial charge in [-0.15, -0.1) is 0 Å². The van der Waals surface area contributed by atoms with Crippen molar-refractivity contribution < 1.29 is 14.6 Å². The van der Waals surface area contributed by atoms with Crippen LogP contribution in [0.1, 0.15) is 46.7 Å². The lowest BCUT2D eigenvalue weighted by atomic mass is 9.87. The van der Waals surface area contributed by atoms with Crippen molar-refractivity contribution in [1.29, 1.82) is 0 Å². The van der Waals surface area contributed by atoms with Crippen LogP contribution in [0, 0.1) is 0 Å². The SMILES string of the molecule is COC(=O)c1cccc(C(CCN2CCCC2)c2ccccc2O)c1. The molecule has 1 atom stereocenters. The average molecular weight is 339 g/mol. The van der Waals surface area contributed by atoms with E-state index in [1.54, 1.807) is 12.1 Å². The van der Waals surface area contributed by atoms with Crippen LogP contribution in [-0.2, 0) is 4.74 Å². The van der Waals surface area contributed by atoms with Crippen LogP contribution < -0.4 is 0 Å². The number of hydrogen-bond acceptors (Lipinski definition) is 4. The number of ether oxygens (including phenoxy) is 1. The van der Waals surface area contributed by atoms with E-state index < -0.39 is 0 Å². The first kappa shape index (κ1) is 17.5. The second-order valence-corrected chi connectivity index (χ2v) is 6.57. The number of carbonyl (C=O) groups excluding carboxylic acids is 1. The van der Waals surface area contributed by atoms with Crippen LogP contribution in [0.5, 0.6) is 5.75 Å². The first-order valence-corrected chi connectivity index (χ1v) is 8.87. The highest BCUT2D eigenvalue weighted by Gasteiger charge is 2.21. The summed E-state index contributed by atoms with van der Waals surface area (Å²) in [6, 6.07) is 15.0. The van der Waals surface area contributed by atoms with Gasteiger partial charge in [0.1, 0.15) is 5.75 Å². The van der Waals surface area contributed by atoms with Gasteiger partial charge in [0.15, 0.2) is 0 Å². The normalized spacial score (nSPS) is 15.9. The third-order valence-electron chi connectivity index (χ3n) is 4.95. The van der Waals surface area contributed by atoms with Gasteiger partial charge in [-0.25, -0.2) is 4.79 Å². The average Bonchev–Trinajstić information content (AvgIpc) is 3.16. The number of esters is 1. The molecule has 1 unspecified atom stereocenters.